The number of halogens is 2. The van der Waals surface area contributed by atoms with Crippen LogP contribution in [0.4, 0.5) is 0 Å². The van der Waals surface area contributed by atoms with E-state index in [1.807, 2.05) is 13.0 Å². The maximum atomic E-state index is 9.35. The molecule has 0 aliphatic carbocycles. The van der Waals surface area contributed by atoms with E-state index < -0.39 is 0 Å². The molecule has 0 saturated heterocycles. The summed E-state index contributed by atoms with van der Waals surface area (Å²) in [6.07, 6.45) is 3.43. The topological polar surface area (TPSA) is 33.1 Å². The predicted molar refractivity (Wildman–Crippen MR) is 60.4 cm³/mol. The minimum Gasteiger partial charge on any atom is -0.506 e. The Kier molecular flexibility index (Phi) is 3.19. The molecule has 0 fully saturated rings. The second-order valence-corrected chi connectivity index (χ2v) is 3.33. The highest BCUT2D eigenvalue weighted by molar-refractivity contribution is 6.37. The fourth-order valence-corrected chi connectivity index (χ4v) is 1.56. The molecular formula is C10H9Cl2NO. The molecule has 0 aliphatic rings. The summed E-state index contributed by atoms with van der Waals surface area (Å²) >= 11 is 5.91. The van der Waals surface area contributed by atoms with Gasteiger partial charge in [-0.25, -0.2) is 0 Å². The van der Waals surface area contributed by atoms with Gasteiger partial charge in [0.1, 0.15) is 5.75 Å². The Morgan fingerprint density at radius 2 is 1.93 bits per heavy atom. The van der Waals surface area contributed by atoms with Crippen molar-refractivity contribution in [2.45, 2.75) is 6.92 Å². The molecule has 0 bridgehead atoms. The van der Waals surface area contributed by atoms with Gasteiger partial charge in [-0.2, -0.15) is 0 Å². The molecule has 0 spiro atoms. The number of pyridine rings is 1. The summed E-state index contributed by atoms with van der Waals surface area (Å²) < 4.78 is 0. The molecule has 14 heavy (non-hydrogen) atoms. The van der Waals surface area contributed by atoms with Gasteiger partial charge in [0.15, 0.2) is 0 Å². The molecule has 0 unspecified atom stereocenters. The van der Waals surface area contributed by atoms with Crippen molar-refractivity contribution in [2.24, 2.45) is 0 Å². The van der Waals surface area contributed by atoms with Crippen LogP contribution in [0.15, 0.2) is 24.5 Å². The molecule has 0 aliphatic heterocycles. The standard InChI is InChI=1S/C10H8ClNO.ClH/c1-6-4-12-5-8-7(6)2-3-9(13)10(8)11;/h2-5,13H,1H3;1H. The zero-order valence-electron chi connectivity index (χ0n) is 7.49. The van der Waals surface area contributed by atoms with Crippen LogP contribution in [-0.2, 0) is 0 Å². The van der Waals surface area contributed by atoms with Crippen LogP contribution >= 0.6 is 24.0 Å². The molecule has 1 aromatic carbocycles. The molecule has 2 nitrogen and oxygen atoms in total. The highest BCUT2D eigenvalue weighted by atomic mass is 35.5. The number of aryl methyl sites for hydroxylation is 1. The van der Waals surface area contributed by atoms with Gasteiger partial charge < -0.3 is 5.11 Å². The molecule has 1 N–H and O–H groups in total. The number of hydrogen-bond donors (Lipinski definition) is 1. The van der Waals surface area contributed by atoms with Crippen LogP contribution in [0.3, 0.4) is 0 Å². The average molecular weight is 230 g/mol. The smallest absolute Gasteiger partial charge is 0.134 e. The molecule has 1 aromatic heterocycles. The van der Waals surface area contributed by atoms with Gasteiger partial charge >= 0.3 is 0 Å². The Bertz CT molecular complexity index is 471. The zero-order valence-corrected chi connectivity index (χ0v) is 9.06. The lowest BCUT2D eigenvalue weighted by Crippen LogP contribution is -1.82. The number of benzene rings is 1. The van der Waals surface area contributed by atoms with E-state index >= 15 is 0 Å². The van der Waals surface area contributed by atoms with E-state index in [4.69, 9.17) is 11.6 Å². The summed E-state index contributed by atoms with van der Waals surface area (Å²) in [5.74, 6) is 0.0987. The van der Waals surface area contributed by atoms with Crippen LogP contribution in [0.1, 0.15) is 5.56 Å². The number of aromatic nitrogens is 1. The first-order valence-electron chi connectivity index (χ1n) is 3.92. The van der Waals surface area contributed by atoms with Crippen LogP contribution in [-0.4, -0.2) is 10.1 Å². The van der Waals surface area contributed by atoms with Crippen LogP contribution in [0.5, 0.6) is 5.75 Å². The van der Waals surface area contributed by atoms with E-state index in [1.165, 1.54) is 0 Å². The van der Waals surface area contributed by atoms with Gasteiger partial charge in [0.2, 0.25) is 0 Å². The van der Waals surface area contributed by atoms with Gasteiger partial charge in [0, 0.05) is 17.8 Å². The number of fused-ring (bicyclic) bond motifs is 1. The first-order valence-corrected chi connectivity index (χ1v) is 4.29. The average Bonchev–Trinajstić information content (AvgIpc) is 2.12. The van der Waals surface area contributed by atoms with Gasteiger partial charge in [-0.05, 0) is 23.9 Å². The van der Waals surface area contributed by atoms with Crippen molar-refractivity contribution in [1.29, 1.82) is 0 Å². The van der Waals surface area contributed by atoms with Crippen molar-refractivity contribution < 1.29 is 5.11 Å². The molecule has 0 radical (unpaired) electrons. The number of phenolic OH excluding ortho intramolecular Hbond substituents is 1. The quantitative estimate of drug-likeness (QED) is 0.752. The fraction of sp³-hybridized carbons (Fsp3) is 0.100. The summed E-state index contributed by atoms with van der Waals surface area (Å²) in [5, 5.41) is 11.5. The number of hydrogen-bond acceptors (Lipinski definition) is 2. The molecule has 0 amide bonds. The zero-order chi connectivity index (χ0) is 9.42. The van der Waals surface area contributed by atoms with Crippen LogP contribution in [0, 0.1) is 6.92 Å². The van der Waals surface area contributed by atoms with Crippen molar-refractivity contribution in [1.82, 2.24) is 4.98 Å². The predicted octanol–water partition coefficient (Wildman–Crippen LogP) is 3.32. The van der Waals surface area contributed by atoms with Gasteiger partial charge in [-0.1, -0.05) is 17.7 Å². The summed E-state index contributed by atoms with van der Waals surface area (Å²) in [6, 6.07) is 3.44. The number of rotatable bonds is 0. The minimum absolute atomic E-state index is 0. The van der Waals surface area contributed by atoms with E-state index in [9.17, 15) is 5.11 Å². The largest absolute Gasteiger partial charge is 0.506 e. The second-order valence-electron chi connectivity index (χ2n) is 2.95. The van der Waals surface area contributed by atoms with Gasteiger partial charge in [-0.3, -0.25) is 4.98 Å². The van der Waals surface area contributed by atoms with E-state index in [-0.39, 0.29) is 18.2 Å². The summed E-state index contributed by atoms with van der Waals surface area (Å²) in [4.78, 5) is 4.02. The first kappa shape index (κ1) is 11.1. The maximum Gasteiger partial charge on any atom is 0.134 e. The van der Waals surface area contributed by atoms with Crippen molar-refractivity contribution in [3.63, 3.8) is 0 Å². The Morgan fingerprint density at radius 1 is 1.21 bits per heavy atom. The summed E-state index contributed by atoms with van der Waals surface area (Å²) in [7, 11) is 0. The Labute approximate surface area is 92.9 Å². The lowest BCUT2D eigenvalue weighted by Gasteiger charge is -2.03. The Morgan fingerprint density at radius 3 is 2.64 bits per heavy atom. The molecule has 0 saturated carbocycles. The monoisotopic (exact) mass is 229 g/mol. The van der Waals surface area contributed by atoms with Crippen molar-refractivity contribution >= 4 is 34.8 Å². The SMILES string of the molecule is Cc1cncc2c(Cl)c(O)ccc12.Cl. The van der Waals surface area contributed by atoms with Gasteiger partial charge in [0.25, 0.3) is 0 Å². The van der Waals surface area contributed by atoms with Crippen molar-refractivity contribution in [2.75, 3.05) is 0 Å². The highest BCUT2D eigenvalue weighted by Crippen LogP contribution is 2.32. The molecule has 4 heteroatoms. The minimum atomic E-state index is 0. The fourth-order valence-electron chi connectivity index (χ4n) is 1.34. The van der Waals surface area contributed by atoms with E-state index in [0.29, 0.717) is 5.02 Å². The molecular weight excluding hydrogens is 221 g/mol. The van der Waals surface area contributed by atoms with E-state index in [2.05, 4.69) is 4.98 Å². The van der Waals surface area contributed by atoms with Crippen LogP contribution in [0.2, 0.25) is 5.02 Å². The molecule has 2 rings (SSSR count). The molecule has 74 valence electrons. The van der Waals surface area contributed by atoms with E-state index in [1.54, 1.807) is 18.5 Å². The summed E-state index contributed by atoms with van der Waals surface area (Å²) in [6.45, 7) is 1.96. The van der Waals surface area contributed by atoms with Crippen molar-refractivity contribution in [3.05, 3.63) is 35.1 Å². The third-order valence-corrected chi connectivity index (χ3v) is 2.45. The third-order valence-electron chi connectivity index (χ3n) is 2.06. The van der Waals surface area contributed by atoms with Crippen LogP contribution < -0.4 is 0 Å². The molecule has 0 atom stereocenters. The van der Waals surface area contributed by atoms with Crippen molar-refractivity contribution in [3.8, 4) is 5.75 Å². The Balaban J connectivity index is 0.000000980. The summed E-state index contributed by atoms with van der Waals surface area (Å²) in [5.41, 5.74) is 1.06. The second kappa shape index (κ2) is 4.03. The molecule has 2 aromatic rings. The van der Waals surface area contributed by atoms with E-state index in [0.717, 1.165) is 16.3 Å². The number of nitrogens with zero attached hydrogens (tertiary/aromatic N) is 1. The Hall–Kier alpha value is -0.990. The number of aromatic hydroxyl groups is 1. The third kappa shape index (κ3) is 1.63. The van der Waals surface area contributed by atoms with Gasteiger partial charge in [0.05, 0.1) is 5.02 Å². The highest BCUT2D eigenvalue weighted by Gasteiger charge is 2.05. The maximum absolute atomic E-state index is 9.35. The van der Waals surface area contributed by atoms with Crippen LogP contribution in [0.25, 0.3) is 10.8 Å². The lowest BCUT2D eigenvalue weighted by atomic mass is 10.1. The number of phenols is 1. The lowest BCUT2D eigenvalue weighted by molar-refractivity contribution is 0.476. The first-order chi connectivity index (χ1) is 6.20. The van der Waals surface area contributed by atoms with Gasteiger partial charge in [-0.15, -0.1) is 12.4 Å². The molecule has 1 heterocycles. The normalized spacial score (nSPS) is 9.86.